The molecule has 1 atom stereocenters. The number of amides is 1. The summed E-state index contributed by atoms with van der Waals surface area (Å²) >= 11 is 1.35. The van der Waals surface area contributed by atoms with Crippen molar-refractivity contribution in [3.8, 4) is 11.3 Å². The van der Waals surface area contributed by atoms with Crippen LogP contribution in [-0.2, 0) is 0 Å². The first-order chi connectivity index (χ1) is 12.1. The molecule has 0 fully saturated rings. The summed E-state index contributed by atoms with van der Waals surface area (Å²) in [5, 5.41) is 5.11. The number of halogens is 1. The fourth-order valence-electron chi connectivity index (χ4n) is 2.48. The van der Waals surface area contributed by atoms with Gasteiger partial charge in [-0.3, -0.25) is 10.1 Å². The third-order valence-electron chi connectivity index (χ3n) is 4.20. The summed E-state index contributed by atoms with van der Waals surface area (Å²) in [4.78, 5) is 16.6. The Balaban J connectivity index is 1.73. The summed E-state index contributed by atoms with van der Waals surface area (Å²) in [5.74, 6) is -0.271. The van der Waals surface area contributed by atoms with Gasteiger partial charge in [-0.2, -0.15) is 0 Å². The lowest BCUT2D eigenvalue weighted by molar-refractivity contribution is 0.102. The second-order valence-electron chi connectivity index (χ2n) is 5.93. The third kappa shape index (κ3) is 4.12. The molecule has 0 bridgehead atoms. The summed E-state index contributed by atoms with van der Waals surface area (Å²) in [6, 6.07) is 13.9. The molecule has 3 nitrogen and oxygen atoms in total. The van der Waals surface area contributed by atoms with Crippen molar-refractivity contribution in [3.63, 3.8) is 0 Å². The molecule has 3 aromatic rings. The lowest BCUT2D eigenvalue weighted by Gasteiger charge is -2.08. The SMILES string of the molecule is CC[C@@H](C)c1ccc(-c2csc(NC(=O)c3cccc(F)c3)n2)cc1. The van der Waals surface area contributed by atoms with Gasteiger partial charge < -0.3 is 0 Å². The molecular formula is C20H19FN2OS. The van der Waals surface area contributed by atoms with Gasteiger partial charge in [0.25, 0.3) is 5.91 Å². The average molecular weight is 354 g/mol. The topological polar surface area (TPSA) is 42.0 Å². The highest BCUT2D eigenvalue weighted by Crippen LogP contribution is 2.27. The highest BCUT2D eigenvalue weighted by molar-refractivity contribution is 7.14. The number of nitrogens with one attached hydrogen (secondary N) is 1. The zero-order chi connectivity index (χ0) is 17.8. The minimum atomic E-state index is -0.436. The molecule has 1 amide bonds. The Morgan fingerprint density at radius 3 is 2.68 bits per heavy atom. The van der Waals surface area contributed by atoms with Gasteiger partial charge in [0.1, 0.15) is 5.82 Å². The molecule has 0 aliphatic rings. The molecule has 1 aromatic heterocycles. The lowest BCUT2D eigenvalue weighted by atomic mass is 9.97. The Morgan fingerprint density at radius 2 is 2.00 bits per heavy atom. The number of carbonyl (C=O) groups is 1. The predicted molar refractivity (Wildman–Crippen MR) is 101 cm³/mol. The van der Waals surface area contributed by atoms with E-state index in [1.54, 1.807) is 6.07 Å². The van der Waals surface area contributed by atoms with Gasteiger partial charge in [-0.15, -0.1) is 11.3 Å². The Morgan fingerprint density at radius 1 is 1.24 bits per heavy atom. The van der Waals surface area contributed by atoms with Crippen molar-refractivity contribution in [2.24, 2.45) is 0 Å². The third-order valence-corrected chi connectivity index (χ3v) is 4.96. The second kappa shape index (κ2) is 7.57. The fraction of sp³-hybridized carbons (Fsp3) is 0.200. The monoisotopic (exact) mass is 354 g/mol. The van der Waals surface area contributed by atoms with Crippen LogP contribution in [0.1, 0.15) is 42.1 Å². The van der Waals surface area contributed by atoms with E-state index in [-0.39, 0.29) is 11.5 Å². The number of carbonyl (C=O) groups excluding carboxylic acids is 1. The quantitative estimate of drug-likeness (QED) is 0.637. The molecule has 0 unspecified atom stereocenters. The Labute approximate surface area is 150 Å². The van der Waals surface area contributed by atoms with Crippen molar-refractivity contribution in [1.82, 2.24) is 4.98 Å². The number of aromatic nitrogens is 1. The van der Waals surface area contributed by atoms with Crippen LogP contribution in [0.3, 0.4) is 0 Å². The maximum atomic E-state index is 13.2. The van der Waals surface area contributed by atoms with Crippen LogP contribution < -0.4 is 5.32 Å². The maximum absolute atomic E-state index is 13.2. The van der Waals surface area contributed by atoms with E-state index in [1.807, 2.05) is 5.38 Å². The van der Waals surface area contributed by atoms with Gasteiger partial charge in [0, 0.05) is 16.5 Å². The van der Waals surface area contributed by atoms with Crippen LogP contribution in [0.5, 0.6) is 0 Å². The molecule has 0 aliphatic carbocycles. The molecule has 1 heterocycles. The molecular weight excluding hydrogens is 335 g/mol. The maximum Gasteiger partial charge on any atom is 0.257 e. The van der Waals surface area contributed by atoms with Crippen molar-refractivity contribution >= 4 is 22.4 Å². The molecule has 0 aliphatic heterocycles. The molecule has 5 heteroatoms. The van der Waals surface area contributed by atoms with E-state index < -0.39 is 5.82 Å². The van der Waals surface area contributed by atoms with Crippen molar-refractivity contribution in [2.45, 2.75) is 26.2 Å². The van der Waals surface area contributed by atoms with Crippen molar-refractivity contribution in [3.05, 3.63) is 70.9 Å². The molecule has 128 valence electrons. The number of benzene rings is 2. The first-order valence-electron chi connectivity index (χ1n) is 8.19. The van der Waals surface area contributed by atoms with Crippen LogP contribution in [-0.4, -0.2) is 10.9 Å². The summed E-state index contributed by atoms with van der Waals surface area (Å²) in [6.45, 7) is 4.38. The molecule has 1 N–H and O–H groups in total. The molecule has 0 saturated heterocycles. The van der Waals surface area contributed by atoms with Gasteiger partial charge >= 0.3 is 0 Å². The van der Waals surface area contributed by atoms with Crippen molar-refractivity contribution in [1.29, 1.82) is 0 Å². The van der Waals surface area contributed by atoms with E-state index >= 15 is 0 Å². The molecule has 25 heavy (non-hydrogen) atoms. The normalized spacial score (nSPS) is 12.0. The van der Waals surface area contributed by atoms with Gasteiger partial charge in [-0.1, -0.05) is 44.2 Å². The summed E-state index contributed by atoms with van der Waals surface area (Å²) < 4.78 is 13.2. The zero-order valence-electron chi connectivity index (χ0n) is 14.1. The van der Waals surface area contributed by atoms with E-state index in [0.717, 1.165) is 17.7 Å². The fourth-order valence-corrected chi connectivity index (χ4v) is 3.20. The number of rotatable bonds is 5. The van der Waals surface area contributed by atoms with Gasteiger partial charge in [0.15, 0.2) is 5.13 Å². The summed E-state index contributed by atoms with van der Waals surface area (Å²) in [6.07, 6.45) is 1.10. The Bertz CT molecular complexity index is 873. The van der Waals surface area contributed by atoms with Crippen LogP contribution in [0.25, 0.3) is 11.3 Å². The van der Waals surface area contributed by atoms with E-state index in [0.29, 0.717) is 11.0 Å². The highest BCUT2D eigenvalue weighted by atomic mass is 32.1. The molecule has 0 spiro atoms. The van der Waals surface area contributed by atoms with Crippen molar-refractivity contribution < 1.29 is 9.18 Å². The number of hydrogen-bond donors (Lipinski definition) is 1. The number of hydrogen-bond acceptors (Lipinski definition) is 3. The van der Waals surface area contributed by atoms with Crippen LogP contribution in [0.15, 0.2) is 53.9 Å². The average Bonchev–Trinajstić information content (AvgIpc) is 3.09. The smallest absolute Gasteiger partial charge is 0.257 e. The molecule has 0 radical (unpaired) electrons. The van der Waals surface area contributed by atoms with Gasteiger partial charge in [0.05, 0.1) is 5.69 Å². The second-order valence-corrected chi connectivity index (χ2v) is 6.79. The first-order valence-corrected chi connectivity index (χ1v) is 9.07. The lowest BCUT2D eigenvalue weighted by Crippen LogP contribution is -2.11. The van der Waals surface area contributed by atoms with Crippen LogP contribution in [0.2, 0.25) is 0 Å². The van der Waals surface area contributed by atoms with E-state index in [1.165, 1.54) is 35.1 Å². The van der Waals surface area contributed by atoms with E-state index in [4.69, 9.17) is 0 Å². The number of thiazole rings is 1. The molecule has 2 aromatic carbocycles. The minimum absolute atomic E-state index is 0.273. The van der Waals surface area contributed by atoms with Gasteiger partial charge in [-0.05, 0) is 36.1 Å². The van der Waals surface area contributed by atoms with Crippen LogP contribution in [0, 0.1) is 5.82 Å². The minimum Gasteiger partial charge on any atom is -0.298 e. The Kier molecular flexibility index (Phi) is 5.24. The van der Waals surface area contributed by atoms with Crippen LogP contribution in [0.4, 0.5) is 9.52 Å². The summed E-state index contributed by atoms with van der Waals surface area (Å²) in [7, 11) is 0. The largest absolute Gasteiger partial charge is 0.298 e. The van der Waals surface area contributed by atoms with E-state index in [2.05, 4.69) is 48.4 Å². The highest BCUT2D eigenvalue weighted by Gasteiger charge is 2.11. The summed E-state index contributed by atoms with van der Waals surface area (Å²) in [5.41, 5.74) is 3.40. The van der Waals surface area contributed by atoms with E-state index in [9.17, 15) is 9.18 Å². The van der Waals surface area contributed by atoms with Crippen molar-refractivity contribution in [2.75, 3.05) is 5.32 Å². The van der Waals surface area contributed by atoms with Crippen LogP contribution >= 0.6 is 11.3 Å². The number of anilines is 1. The first kappa shape index (κ1) is 17.3. The predicted octanol–water partition coefficient (Wildman–Crippen LogP) is 5.72. The molecule has 3 rings (SSSR count). The Hall–Kier alpha value is -2.53. The van der Waals surface area contributed by atoms with Gasteiger partial charge in [-0.25, -0.2) is 9.37 Å². The van der Waals surface area contributed by atoms with Gasteiger partial charge in [0.2, 0.25) is 0 Å². The standard InChI is InChI=1S/C20H19FN2OS/c1-3-13(2)14-7-9-15(10-8-14)18-12-25-20(22-18)23-19(24)16-5-4-6-17(21)11-16/h4-13H,3H2,1-2H3,(H,22,23,24)/t13-/m1/s1. The zero-order valence-corrected chi connectivity index (χ0v) is 14.9. The molecule has 0 saturated carbocycles. The number of nitrogens with zero attached hydrogens (tertiary/aromatic N) is 1.